The summed E-state index contributed by atoms with van der Waals surface area (Å²) in [6.07, 6.45) is 5.93. The second kappa shape index (κ2) is 8.86. The third-order valence-corrected chi connectivity index (χ3v) is 5.76. The summed E-state index contributed by atoms with van der Waals surface area (Å²) in [6, 6.07) is 6.68. The van der Waals surface area contributed by atoms with Gasteiger partial charge in [0.2, 0.25) is 6.79 Å². The third kappa shape index (κ3) is 4.80. The van der Waals surface area contributed by atoms with E-state index >= 15 is 0 Å². The van der Waals surface area contributed by atoms with Crippen LogP contribution in [0.5, 0.6) is 11.5 Å². The number of aliphatic hydroxyl groups excluding tert-OH is 1. The predicted octanol–water partition coefficient (Wildman–Crippen LogP) is 2.92. The van der Waals surface area contributed by atoms with Crippen LogP contribution in [0.4, 0.5) is 0 Å². The van der Waals surface area contributed by atoms with Crippen molar-refractivity contribution in [1.82, 2.24) is 10.6 Å². The lowest BCUT2D eigenvalue weighted by molar-refractivity contribution is 0.120. The number of hydrogen-bond donors (Lipinski definition) is 3. The maximum atomic E-state index is 9.68. The summed E-state index contributed by atoms with van der Waals surface area (Å²) in [4.78, 5) is 4.89. The van der Waals surface area contributed by atoms with Gasteiger partial charge in [0.1, 0.15) is 0 Å². The van der Waals surface area contributed by atoms with E-state index in [9.17, 15) is 5.11 Å². The fourth-order valence-corrected chi connectivity index (χ4v) is 3.88. The number of ether oxygens (including phenoxy) is 2. The fourth-order valence-electron chi connectivity index (χ4n) is 3.88. The SMILES string of the molecule is CCNC(=NCC1(c2ccc3c(c2)OCO3)CC1)NC1CCC(O)CC1.I. The highest BCUT2D eigenvalue weighted by Gasteiger charge is 2.44. The Hall–Kier alpha value is -1.22. The number of fused-ring (bicyclic) bond motifs is 1. The van der Waals surface area contributed by atoms with Crippen LogP contribution in [0.15, 0.2) is 23.2 Å². The normalized spacial score (nSPS) is 25.5. The Labute approximate surface area is 178 Å². The number of guanidine groups is 1. The van der Waals surface area contributed by atoms with E-state index in [1.54, 1.807) is 0 Å². The molecule has 0 bridgehead atoms. The molecule has 0 amide bonds. The van der Waals surface area contributed by atoms with Crippen molar-refractivity contribution in [2.75, 3.05) is 19.9 Å². The number of benzene rings is 1. The predicted molar refractivity (Wildman–Crippen MR) is 116 cm³/mol. The molecule has 3 N–H and O–H groups in total. The highest BCUT2D eigenvalue weighted by atomic mass is 127. The molecule has 0 spiro atoms. The molecule has 0 unspecified atom stereocenters. The largest absolute Gasteiger partial charge is 0.454 e. The molecule has 7 heteroatoms. The molecule has 2 fully saturated rings. The van der Waals surface area contributed by atoms with Crippen molar-refractivity contribution >= 4 is 29.9 Å². The van der Waals surface area contributed by atoms with Gasteiger partial charge in [-0.2, -0.15) is 0 Å². The summed E-state index contributed by atoms with van der Waals surface area (Å²) in [5, 5.41) is 16.6. The Kier molecular flexibility index (Phi) is 6.73. The van der Waals surface area contributed by atoms with E-state index in [0.717, 1.165) is 69.1 Å². The van der Waals surface area contributed by atoms with Crippen LogP contribution >= 0.6 is 24.0 Å². The van der Waals surface area contributed by atoms with Gasteiger partial charge >= 0.3 is 0 Å². The van der Waals surface area contributed by atoms with Crippen LogP contribution in [0.3, 0.4) is 0 Å². The maximum absolute atomic E-state index is 9.68. The molecule has 6 nitrogen and oxygen atoms in total. The van der Waals surface area contributed by atoms with Gasteiger partial charge in [0, 0.05) is 18.0 Å². The summed E-state index contributed by atoms with van der Waals surface area (Å²) in [5.74, 6) is 2.58. The molecule has 27 heavy (non-hydrogen) atoms. The van der Waals surface area contributed by atoms with Gasteiger partial charge in [-0.25, -0.2) is 0 Å². The minimum Gasteiger partial charge on any atom is -0.454 e. The topological polar surface area (TPSA) is 75.1 Å². The summed E-state index contributed by atoms with van der Waals surface area (Å²) >= 11 is 0. The van der Waals surface area contributed by atoms with Crippen molar-refractivity contribution < 1.29 is 14.6 Å². The summed E-state index contributed by atoms with van der Waals surface area (Å²) < 4.78 is 11.0. The first-order valence-corrected chi connectivity index (χ1v) is 9.81. The smallest absolute Gasteiger partial charge is 0.231 e. The van der Waals surface area contributed by atoms with E-state index in [4.69, 9.17) is 14.5 Å². The minimum absolute atomic E-state index is 0. The van der Waals surface area contributed by atoms with Gasteiger partial charge in [0.05, 0.1) is 12.6 Å². The molecule has 4 rings (SSSR count). The Morgan fingerprint density at radius 3 is 2.63 bits per heavy atom. The summed E-state index contributed by atoms with van der Waals surface area (Å²) in [7, 11) is 0. The lowest BCUT2D eigenvalue weighted by atomic mass is 9.93. The average molecular weight is 487 g/mol. The molecule has 2 aliphatic carbocycles. The zero-order chi connectivity index (χ0) is 18.0. The Morgan fingerprint density at radius 1 is 1.19 bits per heavy atom. The Balaban J connectivity index is 0.00000210. The van der Waals surface area contributed by atoms with E-state index in [2.05, 4.69) is 29.7 Å². The van der Waals surface area contributed by atoms with Gasteiger partial charge in [-0.05, 0) is 63.1 Å². The van der Waals surface area contributed by atoms with Gasteiger partial charge in [-0.3, -0.25) is 4.99 Å². The van der Waals surface area contributed by atoms with Crippen LogP contribution in [0.25, 0.3) is 0 Å². The number of hydrogen-bond acceptors (Lipinski definition) is 4. The van der Waals surface area contributed by atoms with E-state index in [1.165, 1.54) is 5.56 Å². The minimum atomic E-state index is -0.131. The van der Waals surface area contributed by atoms with Crippen molar-refractivity contribution in [3.8, 4) is 11.5 Å². The number of nitrogens with zero attached hydrogens (tertiary/aromatic N) is 1. The quantitative estimate of drug-likeness (QED) is 0.339. The van der Waals surface area contributed by atoms with Crippen LogP contribution in [-0.2, 0) is 5.41 Å². The molecular formula is C20H30IN3O3. The van der Waals surface area contributed by atoms with Crippen molar-refractivity contribution in [2.24, 2.45) is 4.99 Å². The van der Waals surface area contributed by atoms with Gasteiger partial charge in [-0.15, -0.1) is 24.0 Å². The standard InChI is InChI=1S/C20H29N3O3.HI/c1-2-21-19(23-15-4-6-16(24)7-5-15)22-12-20(9-10-20)14-3-8-17-18(11-14)26-13-25-17;/h3,8,11,15-16,24H,2,4-7,9-10,12-13H2,1H3,(H2,21,22,23);1H. The highest BCUT2D eigenvalue weighted by molar-refractivity contribution is 14.0. The first-order valence-electron chi connectivity index (χ1n) is 9.81. The molecule has 3 aliphatic rings. The molecule has 1 heterocycles. The maximum Gasteiger partial charge on any atom is 0.231 e. The zero-order valence-corrected chi connectivity index (χ0v) is 18.2. The van der Waals surface area contributed by atoms with Crippen LogP contribution in [0.1, 0.15) is 51.0 Å². The second-order valence-corrected chi connectivity index (χ2v) is 7.69. The van der Waals surface area contributed by atoms with Gasteiger partial charge in [0.15, 0.2) is 17.5 Å². The van der Waals surface area contributed by atoms with Crippen molar-refractivity contribution in [1.29, 1.82) is 0 Å². The van der Waals surface area contributed by atoms with Crippen molar-refractivity contribution in [3.63, 3.8) is 0 Å². The van der Waals surface area contributed by atoms with Gasteiger partial charge < -0.3 is 25.2 Å². The lowest BCUT2D eigenvalue weighted by Gasteiger charge is -2.28. The first kappa shape index (κ1) is 20.5. The van der Waals surface area contributed by atoms with Gasteiger partial charge in [-0.1, -0.05) is 6.07 Å². The number of halogens is 1. The van der Waals surface area contributed by atoms with E-state index in [0.29, 0.717) is 12.8 Å². The Morgan fingerprint density at radius 2 is 1.93 bits per heavy atom. The third-order valence-electron chi connectivity index (χ3n) is 5.76. The van der Waals surface area contributed by atoms with Crippen LogP contribution < -0.4 is 20.1 Å². The Bertz CT molecular complexity index is 670. The number of aliphatic hydroxyl groups is 1. The second-order valence-electron chi connectivity index (χ2n) is 7.69. The highest BCUT2D eigenvalue weighted by Crippen LogP contribution is 2.50. The monoisotopic (exact) mass is 487 g/mol. The molecule has 2 saturated carbocycles. The molecule has 150 valence electrons. The summed E-state index contributed by atoms with van der Waals surface area (Å²) in [6.45, 7) is 4.02. The lowest BCUT2D eigenvalue weighted by Crippen LogP contribution is -2.45. The zero-order valence-electron chi connectivity index (χ0n) is 15.9. The molecule has 1 aromatic rings. The first-order chi connectivity index (χ1) is 12.7. The molecule has 1 aromatic carbocycles. The van der Waals surface area contributed by atoms with E-state index in [-0.39, 0.29) is 35.5 Å². The van der Waals surface area contributed by atoms with Crippen molar-refractivity contribution in [3.05, 3.63) is 23.8 Å². The number of nitrogens with one attached hydrogen (secondary N) is 2. The molecule has 0 aromatic heterocycles. The molecule has 0 saturated heterocycles. The fraction of sp³-hybridized carbons (Fsp3) is 0.650. The number of rotatable bonds is 5. The van der Waals surface area contributed by atoms with Crippen LogP contribution in [-0.4, -0.2) is 43.1 Å². The van der Waals surface area contributed by atoms with Gasteiger partial charge in [0.25, 0.3) is 0 Å². The van der Waals surface area contributed by atoms with Crippen LogP contribution in [0, 0.1) is 0 Å². The van der Waals surface area contributed by atoms with Crippen molar-refractivity contribution in [2.45, 2.75) is 63.0 Å². The molecule has 0 radical (unpaired) electrons. The average Bonchev–Trinajstić information content (AvgIpc) is 3.30. The van der Waals surface area contributed by atoms with E-state index < -0.39 is 0 Å². The van der Waals surface area contributed by atoms with Crippen LogP contribution in [0.2, 0.25) is 0 Å². The number of aliphatic imine (C=N–C) groups is 1. The molecular weight excluding hydrogens is 457 g/mol. The van der Waals surface area contributed by atoms with E-state index in [1.807, 2.05) is 6.07 Å². The molecule has 1 aliphatic heterocycles. The summed E-state index contributed by atoms with van der Waals surface area (Å²) in [5.41, 5.74) is 1.42. The molecule has 0 atom stereocenters.